The van der Waals surface area contributed by atoms with Crippen LogP contribution in [-0.2, 0) is 6.54 Å². The van der Waals surface area contributed by atoms with Crippen LogP contribution in [0.15, 0.2) is 59.7 Å². The molecule has 8 heteroatoms. The summed E-state index contributed by atoms with van der Waals surface area (Å²) in [6.07, 6.45) is 1.56. The second kappa shape index (κ2) is 8.75. The molecule has 138 valence electrons. The van der Waals surface area contributed by atoms with E-state index in [-0.39, 0.29) is 5.82 Å². The van der Waals surface area contributed by atoms with Crippen LogP contribution in [0.2, 0.25) is 5.15 Å². The molecule has 1 aromatic heterocycles. The summed E-state index contributed by atoms with van der Waals surface area (Å²) in [7, 11) is 0. The molecular formula is C19H17ClFN5S. The summed E-state index contributed by atoms with van der Waals surface area (Å²) in [6.45, 7) is 2.42. The van der Waals surface area contributed by atoms with Gasteiger partial charge in [0, 0.05) is 6.54 Å². The first kappa shape index (κ1) is 19.0. The topological polar surface area (TPSA) is 54.2 Å². The maximum Gasteiger partial charge on any atom is 0.187 e. The lowest BCUT2D eigenvalue weighted by atomic mass is 10.2. The summed E-state index contributed by atoms with van der Waals surface area (Å²) in [5.41, 5.74) is 5.88. The molecule has 27 heavy (non-hydrogen) atoms. The van der Waals surface area contributed by atoms with Crippen LogP contribution in [0.3, 0.4) is 0 Å². The van der Waals surface area contributed by atoms with Crippen molar-refractivity contribution in [2.24, 2.45) is 5.10 Å². The van der Waals surface area contributed by atoms with E-state index in [0.29, 0.717) is 33.8 Å². The number of nitrogens with zero attached hydrogens (tertiary/aromatic N) is 3. The van der Waals surface area contributed by atoms with E-state index in [1.807, 2.05) is 37.3 Å². The Labute approximate surface area is 166 Å². The average Bonchev–Trinajstić information content (AvgIpc) is 2.96. The molecule has 0 radical (unpaired) electrons. The highest BCUT2D eigenvalue weighted by Crippen LogP contribution is 2.22. The van der Waals surface area contributed by atoms with Gasteiger partial charge in [-0.2, -0.15) is 10.2 Å². The Morgan fingerprint density at radius 3 is 2.63 bits per heavy atom. The Balaban J connectivity index is 1.63. The van der Waals surface area contributed by atoms with Gasteiger partial charge in [-0.05, 0) is 49.0 Å². The molecule has 5 nitrogen and oxygen atoms in total. The van der Waals surface area contributed by atoms with Gasteiger partial charge in [-0.3, -0.25) is 5.43 Å². The van der Waals surface area contributed by atoms with Crippen molar-refractivity contribution in [2.45, 2.75) is 13.5 Å². The van der Waals surface area contributed by atoms with Crippen LogP contribution in [0, 0.1) is 12.7 Å². The number of benzene rings is 2. The summed E-state index contributed by atoms with van der Waals surface area (Å²) in [4.78, 5) is 0. The number of aromatic nitrogens is 2. The molecule has 0 saturated carbocycles. The molecule has 3 aromatic rings. The number of rotatable bonds is 5. The number of hydrogen-bond acceptors (Lipinski definition) is 3. The zero-order valence-electron chi connectivity index (χ0n) is 14.5. The first-order chi connectivity index (χ1) is 13.0. The van der Waals surface area contributed by atoms with Crippen molar-refractivity contribution in [1.82, 2.24) is 20.5 Å². The number of hydrazone groups is 1. The van der Waals surface area contributed by atoms with Crippen LogP contribution in [0.25, 0.3) is 5.69 Å². The first-order valence-electron chi connectivity index (χ1n) is 8.16. The fourth-order valence-corrected chi connectivity index (χ4v) is 2.83. The molecule has 0 unspecified atom stereocenters. The Morgan fingerprint density at radius 1 is 1.22 bits per heavy atom. The molecule has 2 N–H and O–H groups in total. The van der Waals surface area contributed by atoms with Crippen LogP contribution >= 0.6 is 23.8 Å². The highest BCUT2D eigenvalue weighted by atomic mass is 35.5. The lowest BCUT2D eigenvalue weighted by Crippen LogP contribution is -2.31. The molecule has 0 aliphatic rings. The third-order valence-corrected chi connectivity index (χ3v) is 4.37. The Hall–Kier alpha value is -2.77. The maximum atomic E-state index is 13.1. The molecule has 0 spiro atoms. The zero-order chi connectivity index (χ0) is 19.2. The molecule has 0 aliphatic heterocycles. The van der Waals surface area contributed by atoms with E-state index in [9.17, 15) is 4.39 Å². The van der Waals surface area contributed by atoms with Crippen molar-refractivity contribution >= 4 is 35.1 Å². The van der Waals surface area contributed by atoms with Crippen molar-refractivity contribution in [1.29, 1.82) is 0 Å². The number of aryl methyl sites for hydroxylation is 1. The van der Waals surface area contributed by atoms with Crippen LogP contribution in [0.4, 0.5) is 4.39 Å². The van der Waals surface area contributed by atoms with Gasteiger partial charge in [0.25, 0.3) is 0 Å². The SMILES string of the molecule is Cc1nn(-c2ccc(F)cc2)c(Cl)c1/C=N\NC(=S)NCc1ccccc1. The molecule has 0 bridgehead atoms. The van der Waals surface area contributed by atoms with Crippen LogP contribution in [0.5, 0.6) is 0 Å². The monoisotopic (exact) mass is 401 g/mol. The lowest BCUT2D eigenvalue weighted by Gasteiger charge is -2.06. The Bertz CT molecular complexity index is 954. The van der Waals surface area contributed by atoms with E-state index in [0.717, 1.165) is 5.56 Å². The highest BCUT2D eigenvalue weighted by molar-refractivity contribution is 7.80. The van der Waals surface area contributed by atoms with Crippen molar-refractivity contribution < 1.29 is 4.39 Å². The summed E-state index contributed by atoms with van der Waals surface area (Å²) in [5.74, 6) is -0.318. The first-order valence-corrected chi connectivity index (χ1v) is 8.95. The van der Waals surface area contributed by atoms with Gasteiger partial charge in [0.2, 0.25) is 0 Å². The molecule has 0 amide bonds. The number of thiocarbonyl (C=S) groups is 1. The number of hydrogen-bond donors (Lipinski definition) is 2. The molecule has 0 saturated heterocycles. The van der Waals surface area contributed by atoms with Crippen molar-refractivity contribution in [3.05, 3.63) is 82.4 Å². The second-order valence-electron chi connectivity index (χ2n) is 5.72. The predicted molar refractivity (Wildman–Crippen MR) is 110 cm³/mol. The second-order valence-corrected chi connectivity index (χ2v) is 6.48. The van der Waals surface area contributed by atoms with E-state index in [1.165, 1.54) is 16.8 Å². The minimum Gasteiger partial charge on any atom is -0.357 e. The predicted octanol–water partition coefficient (Wildman–Crippen LogP) is 3.97. The normalized spacial score (nSPS) is 10.9. The molecule has 0 aliphatic carbocycles. The fraction of sp³-hybridized carbons (Fsp3) is 0.105. The van der Waals surface area contributed by atoms with Gasteiger partial charge in [0.15, 0.2) is 5.11 Å². The van der Waals surface area contributed by atoms with E-state index >= 15 is 0 Å². The van der Waals surface area contributed by atoms with Gasteiger partial charge in [-0.1, -0.05) is 41.9 Å². The van der Waals surface area contributed by atoms with Crippen molar-refractivity contribution in [2.75, 3.05) is 0 Å². The molecular weight excluding hydrogens is 385 g/mol. The average molecular weight is 402 g/mol. The molecule has 3 rings (SSSR count). The van der Waals surface area contributed by atoms with Gasteiger partial charge in [0.1, 0.15) is 11.0 Å². The maximum absolute atomic E-state index is 13.1. The number of halogens is 2. The zero-order valence-corrected chi connectivity index (χ0v) is 16.1. The molecule has 0 fully saturated rings. The number of nitrogens with one attached hydrogen (secondary N) is 2. The van der Waals surface area contributed by atoms with E-state index < -0.39 is 0 Å². The van der Waals surface area contributed by atoms with Crippen molar-refractivity contribution in [3.8, 4) is 5.69 Å². The third-order valence-electron chi connectivity index (χ3n) is 3.77. The van der Waals surface area contributed by atoms with Gasteiger partial charge < -0.3 is 5.32 Å². The van der Waals surface area contributed by atoms with E-state index in [4.69, 9.17) is 23.8 Å². The van der Waals surface area contributed by atoms with Crippen LogP contribution in [0.1, 0.15) is 16.8 Å². The Morgan fingerprint density at radius 2 is 1.93 bits per heavy atom. The quantitative estimate of drug-likeness (QED) is 0.386. The molecule has 2 aromatic carbocycles. The molecule has 0 atom stereocenters. The van der Waals surface area contributed by atoms with Crippen molar-refractivity contribution in [3.63, 3.8) is 0 Å². The smallest absolute Gasteiger partial charge is 0.187 e. The summed E-state index contributed by atoms with van der Waals surface area (Å²) in [5, 5.41) is 12.3. The van der Waals surface area contributed by atoms with E-state index in [2.05, 4.69) is 20.9 Å². The lowest BCUT2D eigenvalue weighted by molar-refractivity contribution is 0.627. The largest absolute Gasteiger partial charge is 0.357 e. The minimum atomic E-state index is -0.318. The van der Waals surface area contributed by atoms with E-state index in [1.54, 1.807) is 18.3 Å². The van der Waals surface area contributed by atoms with Gasteiger partial charge in [0.05, 0.1) is 23.2 Å². The van der Waals surface area contributed by atoms with Gasteiger partial charge in [-0.25, -0.2) is 9.07 Å². The minimum absolute atomic E-state index is 0.318. The highest BCUT2D eigenvalue weighted by Gasteiger charge is 2.13. The van der Waals surface area contributed by atoms with Gasteiger partial charge >= 0.3 is 0 Å². The summed E-state index contributed by atoms with van der Waals surface area (Å²) >= 11 is 11.6. The summed E-state index contributed by atoms with van der Waals surface area (Å²) in [6, 6.07) is 15.8. The van der Waals surface area contributed by atoms with Gasteiger partial charge in [-0.15, -0.1) is 0 Å². The standard InChI is InChI=1S/C19H17ClFN5S/c1-13-17(18(20)26(25-13)16-9-7-15(21)8-10-16)12-23-24-19(27)22-11-14-5-3-2-4-6-14/h2-10,12H,11H2,1H3,(H2,22,24,27)/b23-12-. The summed E-state index contributed by atoms with van der Waals surface area (Å²) < 4.78 is 14.6. The Kier molecular flexibility index (Phi) is 6.16. The van der Waals surface area contributed by atoms with Crippen LogP contribution in [-0.4, -0.2) is 21.1 Å². The fourth-order valence-electron chi connectivity index (χ4n) is 2.38. The third kappa shape index (κ3) is 4.90. The molecule has 1 heterocycles. The van der Waals surface area contributed by atoms with Crippen LogP contribution < -0.4 is 10.7 Å².